The minimum Gasteiger partial charge on any atom is -0.381 e. The number of imidazole rings is 1. The van der Waals surface area contributed by atoms with Gasteiger partial charge in [0.2, 0.25) is 0 Å². The van der Waals surface area contributed by atoms with Gasteiger partial charge in [-0.1, -0.05) is 25.3 Å². The molecular formula is C20H25N3O. The molecule has 0 radical (unpaired) electrons. The molecule has 1 aliphatic heterocycles. The van der Waals surface area contributed by atoms with Crippen LogP contribution in [0.3, 0.4) is 0 Å². The molecule has 2 fully saturated rings. The number of ether oxygens (including phenoxy) is 1. The highest BCUT2D eigenvalue weighted by molar-refractivity contribution is 5.73. The fourth-order valence-electron chi connectivity index (χ4n) is 4.74. The van der Waals surface area contributed by atoms with Crippen LogP contribution < -0.4 is 0 Å². The van der Waals surface area contributed by atoms with Crippen LogP contribution in [0.15, 0.2) is 18.5 Å². The first kappa shape index (κ1) is 14.6. The number of fused-ring (bicyclic) bond motifs is 3. The van der Waals surface area contributed by atoms with Crippen molar-refractivity contribution >= 4 is 11.2 Å². The largest absolute Gasteiger partial charge is 0.381 e. The Morgan fingerprint density at radius 3 is 2.67 bits per heavy atom. The Balaban J connectivity index is 1.55. The van der Waals surface area contributed by atoms with Gasteiger partial charge in [-0.3, -0.25) is 9.38 Å². The van der Waals surface area contributed by atoms with Crippen LogP contribution in [0.1, 0.15) is 67.9 Å². The monoisotopic (exact) mass is 323 g/mol. The van der Waals surface area contributed by atoms with Crippen molar-refractivity contribution in [2.45, 2.75) is 57.3 Å². The van der Waals surface area contributed by atoms with Gasteiger partial charge in [0.05, 0.1) is 23.3 Å². The van der Waals surface area contributed by atoms with Gasteiger partial charge in [0.1, 0.15) is 0 Å². The quantitative estimate of drug-likeness (QED) is 0.833. The molecule has 2 aromatic heterocycles. The van der Waals surface area contributed by atoms with E-state index in [0.29, 0.717) is 11.8 Å². The first-order valence-corrected chi connectivity index (χ1v) is 9.55. The van der Waals surface area contributed by atoms with Gasteiger partial charge in [-0.25, -0.2) is 4.98 Å². The van der Waals surface area contributed by atoms with Crippen LogP contribution in [0.4, 0.5) is 0 Å². The summed E-state index contributed by atoms with van der Waals surface area (Å²) < 4.78 is 7.89. The molecule has 0 spiro atoms. The lowest BCUT2D eigenvalue weighted by molar-refractivity contribution is 0.0807. The Labute approximate surface area is 143 Å². The van der Waals surface area contributed by atoms with Gasteiger partial charge < -0.3 is 4.74 Å². The van der Waals surface area contributed by atoms with Crippen LogP contribution in [-0.2, 0) is 11.2 Å². The SMILES string of the molecule is C1=C(C2CCOCC2)c2c(ncc3nc(C4CCCCC4)cn23)C1. The molecule has 1 saturated carbocycles. The smallest absolute Gasteiger partial charge is 0.156 e. The van der Waals surface area contributed by atoms with Crippen LogP contribution in [-0.4, -0.2) is 27.6 Å². The van der Waals surface area contributed by atoms with E-state index in [-0.39, 0.29) is 0 Å². The summed E-state index contributed by atoms with van der Waals surface area (Å²) >= 11 is 0. The number of hydrogen-bond donors (Lipinski definition) is 0. The van der Waals surface area contributed by atoms with Crippen LogP contribution in [0, 0.1) is 5.92 Å². The zero-order valence-electron chi connectivity index (χ0n) is 14.2. The Bertz CT molecular complexity index is 780. The van der Waals surface area contributed by atoms with Crippen molar-refractivity contribution in [3.63, 3.8) is 0 Å². The van der Waals surface area contributed by atoms with Gasteiger partial charge in [-0.15, -0.1) is 0 Å². The van der Waals surface area contributed by atoms with E-state index in [4.69, 9.17) is 14.7 Å². The maximum Gasteiger partial charge on any atom is 0.156 e. The fourth-order valence-corrected chi connectivity index (χ4v) is 4.74. The summed E-state index contributed by atoms with van der Waals surface area (Å²) in [6.45, 7) is 1.77. The Hall–Kier alpha value is -1.68. The van der Waals surface area contributed by atoms with Gasteiger partial charge in [0.15, 0.2) is 5.65 Å². The van der Waals surface area contributed by atoms with Crippen molar-refractivity contribution < 1.29 is 4.74 Å². The molecule has 0 aromatic carbocycles. The summed E-state index contributed by atoms with van der Waals surface area (Å²) in [7, 11) is 0. The van der Waals surface area contributed by atoms with Gasteiger partial charge in [-0.2, -0.15) is 0 Å². The second kappa shape index (κ2) is 5.99. The third-order valence-electron chi connectivity index (χ3n) is 6.08. The third-order valence-corrected chi connectivity index (χ3v) is 6.08. The van der Waals surface area contributed by atoms with Crippen molar-refractivity contribution in [3.8, 4) is 0 Å². The summed E-state index contributed by atoms with van der Waals surface area (Å²) in [5, 5.41) is 0. The molecule has 3 heterocycles. The molecule has 0 atom stereocenters. The summed E-state index contributed by atoms with van der Waals surface area (Å²) in [6, 6.07) is 0. The van der Waals surface area contributed by atoms with Crippen molar-refractivity contribution in [1.82, 2.24) is 14.4 Å². The molecular weight excluding hydrogens is 298 g/mol. The number of allylic oxidation sites excluding steroid dienone is 2. The van der Waals surface area contributed by atoms with Crippen LogP contribution in [0.25, 0.3) is 11.2 Å². The standard InChI is InChI=1S/C20H25N3O/c1-2-4-15(5-3-1)18-13-23-19(22-18)12-21-17-7-6-16(20(17)23)14-8-10-24-11-9-14/h6,12-15H,1-5,7-11H2. The summed E-state index contributed by atoms with van der Waals surface area (Å²) in [5.41, 5.74) is 6.34. The highest BCUT2D eigenvalue weighted by Crippen LogP contribution is 2.38. The fraction of sp³-hybridized carbons (Fsp3) is 0.600. The molecule has 126 valence electrons. The lowest BCUT2D eigenvalue weighted by Gasteiger charge is -2.24. The maximum absolute atomic E-state index is 5.56. The number of nitrogens with zero attached hydrogens (tertiary/aromatic N) is 3. The molecule has 2 aliphatic carbocycles. The lowest BCUT2D eigenvalue weighted by Crippen LogP contribution is -2.17. The van der Waals surface area contributed by atoms with E-state index >= 15 is 0 Å². The second-order valence-corrected chi connectivity index (χ2v) is 7.53. The van der Waals surface area contributed by atoms with Crippen molar-refractivity contribution in [1.29, 1.82) is 0 Å². The predicted molar refractivity (Wildman–Crippen MR) is 94.0 cm³/mol. The predicted octanol–water partition coefficient (Wildman–Crippen LogP) is 4.14. The molecule has 4 nitrogen and oxygen atoms in total. The summed E-state index contributed by atoms with van der Waals surface area (Å²) in [6.07, 6.45) is 16.6. The average molecular weight is 323 g/mol. The van der Waals surface area contributed by atoms with E-state index < -0.39 is 0 Å². The molecule has 4 heteroatoms. The molecule has 5 rings (SSSR count). The number of aromatic nitrogens is 3. The van der Waals surface area contributed by atoms with Crippen LogP contribution >= 0.6 is 0 Å². The molecule has 0 amide bonds. The van der Waals surface area contributed by atoms with E-state index in [1.165, 1.54) is 54.8 Å². The Morgan fingerprint density at radius 2 is 1.83 bits per heavy atom. The first-order valence-electron chi connectivity index (χ1n) is 9.55. The summed E-state index contributed by atoms with van der Waals surface area (Å²) in [4.78, 5) is 9.67. The molecule has 24 heavy (non-hydrogen) atoms. The summed E-state index contributed by atoms with van der Waals surface area (Å²) in [5.74, 6) is 1.26. The first-order chi connectivity index (χ1) is 11.9. The van der Waals surface area contributed by atoms with Crippen molar-refractivity contribution in [2.75, 3.05) is 13.2 Å². The van der Waals surface area contributed by atoms with E-state index in [0.717, 1.165) is 38.1 Å². The number of rotatable bonds is 2. The highest BCUT2D eigenvalue weighted by atomic mass is 16.5. The zero-order chi connectivity index (χ0) is 15.9. The molecule has 0 N–H and O–H groups in total. The molecule has 0 bridgehead atoms. The van der Waals surface area contributed by atoms with Crippen LogP contribution in [0.2, 0.25) is 0 Å². The van der Waals surface area contributed by atoms with E-state index in [1.807, 2.05) is 6.20 Å². The van der Waals surface area contributed by atoms with E-state index in [2.05, 4.69) is 16.7 Å². The van der Waals surface area contributed by atoms with Gasteiger partial charge >= 0.3 is 0 Å². The van der Waals surface area contributed by atoms with Crippen LogP contribution in [0.5, 0.6) is 0 Å². The van der Waals surface area contributed by atoms with Gasteiger partial charge in [0, 0.05) is 31.7 Å². The average Bonchev–Trinajstić information content (AvgIpc) is 3.27. The second-order valence-electron chi connectivity index (χ2n) is 7.53. The van der Waals surface area contributed by atoms with Crippen molar-refractivity contribution in [3.05, 3.63) is 35.6 Å². The van der Waals surface area contributed by atoms with E-state index in [1.54, 1.807) is 0 Å². The van der Waals surface area contributed by atoms with E-state index in [9.17, 15) is 0 Å². The Kier molecular flexibility index (Phi) is 3.66. The maximum atomic E-state index is 5.56. The minimum absolute atomic E-state index is 0.618. The number of hydrogen-bond acceptors (Lipinski definition) is 3. The molecule has 0 unspecified atom stereocenters. The normalized spacial score (nSPS) is 22.8. The third kappa shape index (κ3) is 2.39. The minimum atomic E-state index is 0.618. The topological polar surface area (TPSA) is 39.4 Å². The molecule has 2 aromatic rings. The van der Waals surface area contributed by atoms with Gasteiger partial charge in [0.25, 0.3) is 0 Å². The highest BCUT2D eigenvalue weighted by Gasteiger charge is 2.28. The van der Waals surface area contributed by atoms with Crippen molar-refractivity contribution in [2.24, 2.45) is 5.92 Å². The zero-order valence-corrected chi connectivity index (χ0v) is 14.2. The lowest BCUT2D eigenvalue weighted by atomic mass is 9.87. The molecule has 1 saturated heterocycles. The molecule has 3 aliphatic rings. The Morgan fingerprint density at radius 1 is 1.00 bits per heavy atom. The van der Waals surface area contributed by atoms with Gasteiger partial charge in [-0.05, 0) is 37.2 Å².